The molecule has 2 aromatic carbocycles. The maximum atomic E-state index is 12.6. The zero-order valence-electron chi connectivity index (χ0n) is 11.7. The van der Waals surface area contributed by atoms with E-state index in [4.69, 9.17) is 11.0 Å². The number of nitrogens with zero attached hydrogens (tertiary/aromatic N) is 2. The number of carbonyl (C=O) groups excluding carboxylic acids is 1. The van der Waals surface area contributed by atoms with E-state index in [2.05, 4.69) is 6.07 Å². The van der Waals surface area contributed by atoms with E-state index < -0.39 is 0 Å². The highest BCUT2D eigenvalue weighted by Crippen LogP contribution is 2.24. The third kappa shape index (κ3) is 2.13. The van der Waals surface area contributed by atoms with Crippen LogP contribution in [0.3, 0.4) is 0 Å². The molecular weight excluding hydrogens is 262 g/mol. The number of rotatable bonds is 1. The highest BCUT2D eigenvalue weighted by atomic mass is 16.2. The number of benzene rings is 2. The molecule has 0 unspecified atom stereocenters. The van der Waals surface area contributed by atoms with Crippen molar-refractivity contribution in [2.24, 2.45) is 5.73 Å². The van der Waals surface area contributed by atoms with Gasteiger partial charge >= 0.3 is 0 Å². The second kappa shape index (κ2) is 4.95. The van der Waals surface area contributed by atoms with Crippen molar-refractivity contribution in [1.29, 1.82) is 5.26 Å². The second-order valence-electron chi connectivity index (χ2n) is 5.22. The monoisotopic (exact) mass is 277 g/mol. The van der Waals surface area contributed by atoms with Crippen molar-refractivity contribution < 1.29 is 4.79 Å². The topological polar surface area (TPSA) is 70.1 Å². The van der Waals surface area contributed by atoms with Gasteiger partial charge in [-0.25, -0.2) is 0 Å². The molecule has 0 saturated heterocycles. The van der Waals surface area contributed by atoms with Gasteiger partial charge in [0, 0.05) is 11.3 Å². The van der Waals surface area contributed by atoms with Gasteiger partial charge in [0.25, 0.3) is 5.91 Å². The number of nitriles is 1. The highest BCUT2D eigenvalue weighted by molar-refractivity contribution is 5.99. The Kier molecular flexibility index (Phi) is 3.11. The van der Waals surface area contributed by atoms with Gasteiger partial charge in [-0.2, -0.15) is 5.26 Å². The molecule has 0 radical (unpaired) electrons. The molecule has 0 saturated carbocycles. The van der Waals surface area contributed by atoms with E-state index in [0.29, 0.717) is 16.8 Å². The van der Waals surface area contributed by atoms with Crippen molar-refractivity contribution in [3.05, 3.63) is 59.3 Å². The van der Waals surface area contributed by atoms with E-state index in [1.165, 1.54) is 0 Å². The lowest BCUT2D eigenvalue weighted by molar-refractivity contribution is 0.0753. The molecule has 0 aromatic heterocycles. The summed E-state index contributed by atoms with van der Waals surface area (Å²) in [6.07, 6.45) is 0. The molecule has 1 amide bonds. The number of hydrogen-bond donors (Lipinski definition) is 1. The van der Waals surface area contributed by atoms with Gasteiger partial charge in [0.1, 0.15) is 0 Å². The predicted molar refractivity (Wildman–Crippen MR) is 81.3 cm³/mol. The summed E-state index contributed by atoms with van der Waals surface area (Å²) in [6.45, 7) is 2.13. The molecule has 4 nitrogen and oxygen atoms in total. The molecule has 1 aliphatic heterocycles. The summed E-state index contributed by atoms with van der Waals surface area (Å²) >= 11 is 0. The standard InChI is InChI=1S/C17H15N3O/c1-11-16(19)15(9-18)10-20(11)17(21)14-7-6-12-4-2-3-5-13(12)8-14/h2-8,11H,10,19H2,1H3/t11-/m1/s1. The Morgan fingerprint density at radius 1 is 1.29 bits per heavy atom. The van der Waals surface area contributed by atoms with Crippen LogP contribution in [0.5, 0.6) is 0 Å². The van der Waals surface area contributed by atoms with Crippen LogP contribution in [0.1, 0.15) is 17.3 Å². The molecular formula is C17H15N3O. The van der Waals surface area contributed by atoms with Crippen molar-refractivity contribution in [3.8, 4) is 6.07 Å². The Hall–Kier alpha value is -2.80. The summed E-state index contributed by atoms with van der Waals surface area (Å²) in [5, 5.41) is 11.2. The molecule has 0 spiro atoms. The van der Waals surface area contributed by atoms with Gasteiger partial charge in [0.15, 0.2) is 0 Å². The lowest BCUT2D eigenvalue weighted by atomic mass is 10.1. The zero-order valence-corrected chi connectivity index (χ0v) is 11.7. The third-order valence-electron chi connectivity index (χ3n) is 3.99. The molecule has 0 bridgehead atoms. The molecule has 21 heavy (non-hydrogen) atoms. The van der Waals surface area contributed by atoms with Crippen molar-refractivity contribution >= 4 is 16.7 Å². The first-order chi connectivity index (χ1) is 10.1. The summed E-state index contributed by atoms with van der Waals surface area (Å²) < 4.78 is 0. The summed E-state index contributed by atoms with van der Waals surface area (Å²) in [5.41, 5.74) is 7.49. The van der Waals surface area contributed by atoms with Crippen LogP contribution in [0, 0.1) is 11.3 Å². The van der Waals surface area contributed by atoms with Crippen LogP contribution in [-0.4, -0.2) is 23.4 Å². The van der Waals surface area contributed by atoms with Gasteiger partial charge in [0.2, 0.25) is 0 Å². The van der Waals surface area contributed by atoms with Crippen molar-refractivity contribution in [1.82, 2.24) is 4.90 Å². The van der Waals surface area contributed by atoms with E-state index in [9.17, 15) is 4.79 Å². The van der Waals surface area contributed by atoms with Crippen LogP contribution in [0.25, 0.3) is 10.8 Å². The molecule has 1 heterocycles. The number of amides is 1. The fraction of sp³-hybridized carbons (Fsp3) is 0.176. The Morgan fingerprint density at radius 2 is 2.00 bits per heavy atom. The summed E-state index contributed by atoms with van der Waals surface area (Å²) in [6, 6.07) is 15.4. The van der Waals surface area contributed by atoms with Crippen LogP contribution >= 0.6 is 0 Å². The van der Waals surface area contributed by atoms with Crippen LogP contribution in [0.15, 0.2) is 53.7 Å². The third-order valence-corrected chi connectivity index (χ3v) is 3.99. The predicted octanol–water partition coefficient (Wildman–Crippen LogP) is 2.42. The number of hydrogen-bond acceptors (Lipinski definition) is 3. The summed E-state index contributed by atoms with van der Waals surface area (Å²) in [7, 11) is 0. The zero-order chi connectivity index (χ0) is 15.0. The molecule has 1 aliphatic rings. The largest absolute Gasteiger partial charge is 0.399 e. The molecule has 3 rings (SSSR count). The first kappa shape index (κ1) is 13.2. The van der Waals surface area contributed by atoms with Crippen LogP contribution in [-0.2, 0) is 0 Å². The minimum absolute atomic E-state index is 0.0959. The summed E-state index contributed by atoms with van der Waals surface area (Å²) in [5.74, 6) is -0.0959. The number of carbonyl (C=O) groups is 1. The summed E-state index contributed by atoms with van der Waals surface area (Å²) in [4.78, 5) is 14.3. The van der Waals surface area contributed by atoms with Gasteiger partial charge in [-0.15, -0.1) is 0 Å². The van der Waals surface area contributed by atoms with Crippen LogP contribution < -0.4 is 5.73 Å². The average Bonchev–Trinajstić information content (AvgIpc) is 2.81. The van der Waals surface area contributed by atoms with Gasteiger partial charge in [0.05, 0.1) is 24.2 Å². The lowest BCUT2D eigenvalue weighted by Crippen LogP contribution is -2.36. The maximum absolute atomic E-state index is 12.6. The van der Waals surface area contributed by atoms with Gasteiger partial charge in [-0.1, -0.05) is 30.3 Å². The Bertz CT molecular complexity index is 801. The van der Waals surface area contributed by atoms with E-state index in [0.717, 1.165) is 10.8 Å². The molecule has 104 valence electrons. The number of nitrogens with two attached hydrogens (primary N) is 1. The minimum atomic E-state index is -0.237. The Morgan fingerprint density at radius 3 is 2.67 bits per heavy atom. The average molecular weight is 277 g/mol. The van der Waals surface area contributed by atoms with Gasteiger partial charge < -0.3 is 10.6 Å². The van der Waals surface area contributed by atoms with E-state index in [1.54, 1.807) is 4.90 Å². The molecule has 1 atom stereocenters. The van der Waals surface area contributed by atoms with Crippen LogP contribution in [0.2, 0.25) is 0 Å². The Labute approximate surface area is 123 Å². The smallest absolute Gasteiger partial charge is 0.254 e. The van der Waals surface area contributed by atoms with Gasteiger partial charge in [-0.3, -0.25) is 4.79 Å². The van der Waals surface area contributed by atoms with E-state index >= 15 is 0 Å². The van der Waals surface area contributed by atoms with Crippen molar-refractivity contribution in [2.45, 2.75) is 13.0 Å². The fourth-order valence-electron chi connectivity index (χ4n) is 2.65. The molecule has 0 fully saturated rings. The lowest BCUT2D eigenvalue weighted by Gasteiger charge is -2.22. The molecule has 0 aliphatic carbocycles. The highest BCUT2D eigenvalue weighted by Gasteiger charge is 2.31. The molecule has 2 N–H and O–H groups in total. The van der Waals surface area contributed by atoms with Crippen molar-refractivity contribution in [2.75, 3.05) is 6.54 Å². The van der Waals surface area contributed by atoms with Gasteiger partial charge in [-0.05, 0) is 29.8 Å². The molecule has 2 aromatic rings. The van der Waals surface area contributed by atoms with E-state index in [-0.39, 0.29) is 18.5 Å². The first-order valence-electron chi connectivity index (χ1n) is 6.80. The fourth-order valence-corrected chi connectivity index (χ4v) is 2.65. The van der Waals surface area contributed by atoms with E-state index in [1.807, 2.05) is 49.4 Å². The second-order valence-corrected chi connectivity index (χ2v) is 5.22. The number of fused-ring (bicyclic) bond motifs is 1. The first-order valence-corrected chi connectivity index (χ1v) is 6.80. The Balaban J connectivity index is 1.93. The maximum Gasteiger partial charge on any atom is 0.254 e. The SMILES string of the molecule is C[C@@H]1C(N)=C(C#N)CN1C(=O)c1ccc2ccccc2c1. The van der Waals surface area contributed by atoms with Crippen molar-refractivity contribution in [3.63, 3.8) is 0 Å². The molecule has 4 heteroatoms. The van der Waals surface area contributed by atoms with Crippen LogP contribution in [0.4, 0.5) is 0 Å². The quantitative estimate of drug-likeness (QED) is 0.870. The minimum Gasteiger partial charge on any atom is -0.399 e. The normalized spacial score (nSPS) is 18.1.